The van der Waals surface area contributed by atoms with Crippen LogP contribution in [0.4, 0.5) is 17.6 Å². The maximum Gasteiger partial charge on any atom is 0.324 e. The van der Waals surface area contributed by atoms with Crippen molar-refractivity contribution in [2.24, 2.45) is 0 Å². The van der Waals surface area contributed by atoms with Crippen LogP contribution in [0.15, 0.2) is 12.3 Å². The SMILES string of the molecule is O=C1CCCc2c1ccn2CC(F)(F)C(F)F. The van der Waals surface area contributed by atoms with Crippen molar-refractivity contribution in [3.05, 3.63) is 23.5 Å². The van der Waals surface area contributed by atoms with Gasteiger partial charge in [0, 0.05) is 23.9 Å². The smallest absolute Gasteiger partial charge is 0.324 e. The molecule has 2 nitrogen and oxygen atoms in total. The highest BCUT2D eigenvalue weighted by Gasteiger charge is 2.41. The predicted molar refractivity (Wildman–Crippen MR) is 52.7 cm³/mol. The number of aromatic nitrogens is 1. The third kappa shape index (κ3) is 2.21. The molecule has 0 amide bonds. The summed E-state index contributed by atoms with van der Waals surface area (Å²) in [6.45, 7) is -1.08. The molecule has 0 aromatic carbocycles. The summed E-state index contributed by atoms with van der Waals surface area (Å²) in [5.41, 5.74) is 0.836. The van der Waals surface area contributed by atoms with Gasteiger partial charge in [-0.05, 0) is 18.9 Å². The van der Waals surface area contributed by atoms with E-state index in [1.165, 1.54) is 12.3 Å². The number of hydrogen-bond donors (Lipinski definition) is 0. The van der Waals surface area contributed by atoms with Crippen LogP contribution in [0, 0.1) is 0 Å². The van der Waals surface area contributed by atoms with Crippen LogP contribution in [-0.2, 0) is 13.0 Å². The van der Waals surface area contributed by atoms with E-state index in [1.54, 1.807) is 0 Å². The Bertz CT molecular complexity index is 439. The summed E-state index contributed by atoms with van der Waals surface area (Å²) < 4.78 is 51.1. The molecule has 0 aliphatic heterocycles. The van der Waals surface area contributed by atoms with E-state index in [4.69, 9.17) is 0 Å². The van der Waals surface area contributed by atoms with E-state index in [-0.39, 0.29) is 5.78 Å². The minimum atomic E-state index is -4.06. The van der Waals surface area contributed by atoms with Gasteiger partial charge in [-0.25, -0.2) is 8.78 Å². The fourth-order valence-corrected chi connectivity index (χ4v) is 2.03. The molecular formula is C11H11F4NO. The second kappa shape index (κ2) is 4.16. The number of Topliss-reactive ketones (excluding diaryl/α,β-unsaturated/α-hetero) is 1. The molecule has 1 aliphatic rings. The van der Waals surface area contributed by atoms with E-state index < -0.39 is 18.9 Å². The quantitative estimate of drug-likeness (QED) is 0.755. The Morgan fingerprint density at radius 2 is 2.06 bits per heavy atom. The molecule has 1 aromatic heterocycles. The first-order chi connectivity index (χ1) is 7.92. The molecule has 0 unspecified atom stereocenters. The first-order valence-corrected chi connectivity index (χ1v) is 5.29. The van der Waals surface area contributed by atoms with Crippen LogP contribution in [0.3, 0.4) is 0 Å². The molecule has 0 N–H and O–H groups in total. The summed E-state index contributed by atoms with van der Waals surface area (Å²) in [5, 5.41) is 0. The van der Waals surface area contributed by atoms with Gasteiger partial charge in [0.15, 0.2) is 5.78 Å². The second-order valence-corrected chi connectivity index (χ2v) is 4.14. The highest BCUT2D eigenvalue weighted by molar-refractivity contribution is 5.98. The molecular weight excluding hydrogens is 238 g/mol. The number of nitrogens with zero attached hydrogens (tertiary/aromatic N) is 1. The number of ketones is 1. The van der Waals surface area contributed by atoms with Crippen LogP contribution in [-0.4, -0.2) is 22.7 Å². The molecule has 94 valence electrons. The standard InChI is InChI=1S/C11H11F4NO/c12-10(13)11(14,15)6-16-5-4-7-8(16)2-1-3-9(7)17/h4-5,10H,1-3,6H2. The Morgan fingerprint density at radius 3 is 2.71 bits per heavy atom. The lowest BCUT2D eigenvalue weighted by atomic mass is 9.97. The lowest BCUT2D eigenvalue weighted by molar-refractivity contribution is -0.138. The molecule has 1 aliphatic carbocycles. The zero-order valence-electron chi connectivity index (χ0n) is 8.93. The van der Waals surface area contributed by atoms with Crippen LogP contribution < -0.4 is 0 Å². The molecule has 0 bridgehead atoms. The summed E-state index contributed by atoms with van der Waals surface area (Å²) in [5.74, 6) is -4.17. The van der Waals surface area contributed by atoms with Gasteiger partial charge in [-0.1, -0.05) is 0 Å². The van der Waals surface area contributed by atoms with Crippen molar-refractivity contribution in [1.29, 1.82) is 0 Å². The fraction of sp³-hybridized carbons (Fsp3) is 0.545. The van der Waals surface area contributed by atoms with Gasteiger partial charge in [0.2, 0.25) is 0 Å². The Balaban J connectivity index is 2.26. The van der Waals surface area contributed by atoms with Gasteiger partial charge in [-0.2, -0.15) is 8.78 Å². The van der Waals surface area contributed by atoms with Gasteiger partial charge in [-0.3, -0.25) is 4.79 Å². The number of fused-ring (bicyclic) bond motifs is 1. The average molecular weight is 249 g/mol. The van der Waals surface area contributed by atoms with Gasteiger partial charge >= 0.3 is 12.3 Å². The molecule has 1 aromatic rings. The number of hydrogen-bond acceptors (Lipinski definition) is 1. The van der Waals surface area contributed by atoms with Gasteiger partial charge in [0.05, 0.1) is 6.54 Å². The summed E-state index contributed by atoms with van der Waals surface area (Å²) >= 11 is 0. The normalized spacial score (nSPS) is 16.4. The van der Waals surface area contributed by atoms with Crippen molar-refractivity contribution in [2.75, 3.05) is 0 Å². The van der Waals surface area contributed by atoms with Crippen LogP contribution in [0.5, 0.6) is 0 Å². The van der Waals surface area contributed by atoms with Crippen molar-refractivity contribution in [1.82, 2.24) is 4.57 Å². The van der Waals surface area contributed by atoms with Crippen molar-refractivity contribution < 1.29 is 22.4 Å². The largest absolute Gasteiger partial charge is 0.344 e. The van der Waals surface area contributed by atoms with E-state index >= 15 is 0 Å². The first kappa shape index (κ1) is 12.1. The number of halogens is 4. The highest BCUT2D eigenvalue weighted by Crippen LogP contribution is 2.28. The number of rotatable bonds is 3. The molecule has 0 saturated carbocycles. The maximum atomic E-state index is 12.9. The van der Waals surface area contributed by atoms with Crippen LogP contribution in [0.25, 0.3) is 0 Å². The Kier molecular flexibility index (Phi) is 2.97. The first-order valence-electron chi connectivity index (χ1n) is 5.29. The third-order valence-corrected chi connectivity index (χ3v) is 2.90. The Labute approximate surface area is 95.2 Å². The molecule has 1 heterocycles. The summed E-state index contributed by atoms with van der Waals surface area (Å²) in [7, 11) is 0. The van der Waals surface area contributed by atoms with E-state index in [2.05, 4.69) is 0 Å². The minimum Gasteiger partial charge on any atom is -0.344 e. The van der Waals surface area contributed by atoms with E-state index in [1.807, 2.05) is 0 Å². The zero-order valence-corrected chi connectivity index (χ0v) is 8.93. The van der Waals surface area contributed by atoms with E-state index in [0.717, 1.165) is 4.57 Å². The predicted octanol–water partition coefficient (Wildman–Crippen LogP) is 2.91. The van der Waals surface area contributed by atoms with Crippen LogP contribution >= 0.6 is 0 Å². The van der Waals surface area contributed by atoms with Crippen molar-refractivity contribution in [2.45, 2.75) is 38.2 Å². The molecule has 0 radical (unpaired) electrons. The topological polar surface area (TPSA) is 22.0 Å². The lowest BCUT2D eigenvalue weighted by Gasteiger charge is -2.20. The monoisotopic (exact) mass is 249 g/mol. The Hall–Kier alpha value is -1.33. The summed E-state index contributed by atoms with van der Waals surface area (Å²) in [4.78, 5) is 11.4. The average Bonchev–Trinajstić information content (AvgIpc) is 2.62. The van der Waals surface area contributed by atoms with E-state index in [9.17, 15) is 22.4 Å². The number of carbonyl (C=O) groups excluding carboxylic acids is 1. The minimum absolute atomic E-state index is 0.106. The lowest BCUT2D eigenvalue weighted by Crippen LogP contribution is -2.32. The molecule has 2 rings (SSSR count). The van der Waals surface area contributed by atoms with Gasteiger partial charge in [0.1, 0.15) is 0 Å². The maximum absolute atomic E-state index is 12.9. The van der Waals surface area contributed by atoms with Gasteiger partial charge in [0.25, 0.3) is 0 Å². The van der Waals surface area contributed by atoms with Crippen LogP contribution in [0.1, 0.15) is 28.9 Å². The van der Waals surface area contributed by atoms with Gasteiger partial charge < -0.3 is 4.57 Å². The molecule has 0 atom stereocenters. The number of alkyl halides is 4. The fourth-order valence-electron chi connectivity index (χ4n) is 2.03. The Morgan fingerprint density at radius 1 is 1.35 bits per heavy atom. The third-order valence-electron chi connectivity index (χ3n) is 2.90. The van der Waals surface area contributed by atoms with Crippen molar-refractivity contribution in [3.63, 3.8) is 0 Å². The molecule has 17 heavy (non-hydrogen) atoms. The summed E-state index contributed by atoms with van der Waals surface area (Å²) in [6.07, 6.45) is -0.963. The summed E-state index contributed by atoms with van der Waals surface area (Å²) in [6, 6.07) is 1.43. The van der Waals surface area contributed by atoms with Crippen molar-refractivity contribution >= 4 is 5.78 Å². The molecule has 0 saturated heterocycles. The van der Waals surface area contributed by atoms with Crippen molar-refractivity contribution in [3.8, 4) is 0 Å². The van der Waals surface area contributed by atoms with Crippen LogP contribution in [0.2, 0.25) is 0 Å². The molecule has 0 spiro atoms. The van der Waals surface area contributed by atoms with Gasteiger partial charge in [-0.15, -0.1) is 0 Å². The molecule has 0 fully saturated rings. The molecule has 6 heteroatoms. The van der Waals surface area contributed by atoms with E-state index in [0.29, 0.717) is 30.5 Å². The second-order valence-electron chi connectivity index (χ2n) is 4.14. The zero-order chi connectivity index (χ0) is 12.6. The number of carbonyl (C=O) groups is 1. The highest BCUT2D eigenvalue weighted by atomic mass is 19.3.